The highest BCUT2D eigenvalue weighted by Gasteiger charge is 2.25. The van der Waals surface area contributed by atoms with Crippen molar-refractivity contribution in [2.24, 2.45) is 0 Å². The second-order valence-electron chi connectivity index (χ2n) is 5.46. The van der Waals surface area contributed by atoms with Crippen molar-refractivity contribution >= 4 is 16.7 Å². The molecule has 0 spiro atoms. The molecule has 1 fully saturated rings. The highest BCUT2D eigenvalue weighted by Crippen LogP contribution is 2.37. The molecule has 1 N–H and O–H groups in total. The number of carbonyl (C=O) groups excluding carboxylic acids is 1. The molecule has 2 aromatic rings. The van der Waals surface area contributed by atoms with E-state index in [1.807, 2.05) is 38.1 Å². The van der Waals surface area contributed by atoms with Gasteiger partial charge in [0.05, 0.1) is 18.8 Å². The number of rotatable bonds is 4. The van der Waals surface area contributed by atoms with Crippen LogP contribution < -0.4 is 0 Å². The number of benzene rings is 2. The highest BCUT2D eigenvalue weighted by molar-refractivity contribution is 6.04. The fourth-order valence-electron chi connectivity index (χ4n) is 2.98. The third kappa shape index (κ3) is 2.78. The summed E-state index contributed by atoms with van der Waals surface area (Å²) in [4.78, 5) is 14.3. The van der Waals surface area contributed by atoms with Crippen LogP contribution in [0.4, 0.5) is 0 Å². The van der Waals surface area contributed by atoms with Gasteiger partial charge in [0.1, 0.15) is 5.75 Å². The van der Waals surface area contributed by atoms with E-state index in [0.717, 1.165) is 10.9 Å². The van der Waals surface area contributed by atoms with Gasteiger partial charge in [0.2, 0.25) is 0 Å². The number of hydrogen-bond acceptors (Lipinski definition) is 4. The minimum atomic E-state index is -0.497. The van der Waals surface area contributed by atoms with E-state index in [1.54, 1.807) is 11.0 Å². The van der Waals surface area contributed by atoms with Crippen molar-refractivity contribution in [1.82, 2.24) is 4.90 Å². The Bertz CT molecular complexity index is 718. The van der Waals surface area contributed by atoms with E-state index in [-0.39, 0.29) is 11.7 Å². The molecule has 1 amide bonds. The van der Waals surface area contributed by atoms with Crippen molar-refractivity contribution in [3.05, 3.63) is 41.5 Å². The van der Waals surface area contributed by atoms with Crippen molar-refractivity contribution in [3.8, 4) is 5.75 Å². The van der Waals surface area contributed by atoms with Crippen LogP contribution in [-0.4, -0.2) is 42.2 Å². The highest BCUT2D eigenvalue weighted by atomic mass is 16.7. The van der Waals surface area contributed by atoms with Crippen molar-refractivity contribution in [3.63, 3.8) is 0 Å². The largest absolute Gasteiger partial charge is 0.506 e. The SMILES string of the molecule is CCN(CC)C(=O)c1ccc2cccc(C3OCCO3)c2c1O. The van der Waals surface area contributed by atoms with Crippen LogP contribution >= 0.6 is 0 Å². The smallest absolute Gasteiger partial charge is 0.257 e. The number of nitrogens with zero attached hydrogens (tertiary/aromatic N) is 1. The normalized spacial score (nSPS) is 15.2. The zero-order valence-electron chi connectivity index (χ0n) is 13.4. The monoisotopic (exact) mass is 315 g/mol. The zero-order chi connectivity index (χ0) is 16.4. The number of phenols is 1. The number of carbonyl (C=O) groups is 1. The van der Waals surface area contributed by atoms with Gasteiger partial charge in [-0.25, -0.2) is 0 Å². The van der Waals surface area contributed by atoms with Gasteiger partial charge in [-0.15, -0.1) is 0 Å². The molecule has 5 heteroatoms. The first kappa shape index (κ1) is 15.8. The van der Waals surface area contributed by atoms with Gasteiger partial charge in [-0.05, 0) is 25.3 Å². The fraction of sp³-hybridized carbons (Fsp3) is 0.389. The molecule has 3 rings (SSSR count). The first-order chi connectivity index (χ1) is 11.2. The van der Waals surface area contributed by atoms with Gasteiger partial charge >= 0.3 is 0 Å². The average Bonchev–Trinajstić information content (AvgIpc) is 3.10. The molecule has 0 aliphatic carbocycles. The van der Waals surface area contributed by atoms with Gasteiger partial charge in [0, 0.05) is 24.0 Å². The number of amides is 1. The molecule has 0 unspecified atom stereocenters. The number of phenolic OH excluding ortho intramolecular Hbond substituents is 1. The molecule has 1 saturated heterocycles. The molecule has 0 atom stereocenters. The molecule has 0 aromatic heterocycles. The Morgan fingerprint density at radius 2 is 1.87 bits per heavy atom. The number of hydrogen-bond donors (Lipinski definition) is 1. The Morgan fingerprint density at radius 3 is 2.52 bits per heavy atom. The Morgan fingerprint density at radius 1 is 1.17 bits per heavy atom. The van der Waals surface area contributed by atoms with E-state index in [1.165, 1.54) is 0 Å². The van der Waals surface area contributed by atoms with Crippen LogP contribution in [0, 0.1) is 0 Å². The van der Waals surface area contributed by atoms with Crippen LogP contribution in [0.1, 0.15) is 36.1 Å². The number of fused-ring (bicyclic) bond motifs is 1. The molecule has 2 aromatic carbocycles. The molecule has 122 valence electrons. The third-order valence-electron chi connectivity index (χ3n) is 4.21. The van der Waals surface area contributed by atoms with Crippen LogP contribution in [-0.2, 0) is 9.47 Å². The summed E-state index contributed by atoms with van der Waals surface area (Å²) in [6.45, 7) is 6.10. The van der Waals surface area contributed by atoms with Crippen LogP contribution in [0.5, 0.6) is 5.75 Å². The Balaban J connectivity index is 2.13. The minimum absolute atomic E-state index is 0.00546. The number of aromatic hydroxyl groups is 1. The summed E-state index contributed by atoms with van der Waals surface area (Å²) in [5.74, 6) is -0.174. The summed E-state index contributed by atoms with van der Waals surface area (Å²) in [5, 5.41) is 12.2. The second kappa shape index (κ2) is 6.56. The lowest BCUT2D eigenvalue weighted by Crippen LogP contribution is -2.30. The third-order valence-corrected chi connectivity index (χ3v) is 4.21. The maximum absolute atomic E-state index is 12.6. The molecule has 1 aliphatic heterocycles. The van der Waals surface area contributed by atoms with E-state index in [0.29, 0.717) is 37.3 Å². The average molecular weight is 315 g/mol. The predicted octanol–water partition coefficient (Wildman–Crippen LogP) is 3.07. The van der Waals surface area contributed by atoms with Crippen molar-refractivity contribution in [2.75, 3.05) is 26.3 Å². The summed E-state index contributed by atoms with van der Waals surface area (Å²) in [6.07, 6.45) is -0.497. The molecule has 1 aliphatic rings. The van der Waals surface area contributed by atoms with E-state index in [2.05, 4.69) is 0 Å². The molecular weight excluding hydrogens is 294 g/mol. The Labute approximate surface area is 135 Å². The predicted molar refractivity (Wildman–Crippen MR) is 87.5 cm³/mol. The van der Waals surface area contributed by atoms with Crippen LogP contribution in [0.3, 0.4) is 0 Å². The molecule has 0 radical (unpaired) electrons. The summed E-state index contributed by atoms with van der Waals surface area (Å²) >= 11 is 0. The standard InChI is InChI=1S/C18H21NO4/c1-3-19(4-2)17(21)14-9-8-12-6-5-7-13(15(12)16(14)20)18-22-10-11-23-18/h5-9,18,20H,3-4,10-11H2,1-2H3. The Kier molecular flexibility index (Phi) is 4.50. The van der Waals surface area contributed by atoms with Crippen molar-refractivity contribution in [2.45, 2.75) is 20.1 Å². The topological polar surface area (TPSA) is 59.0 Å². The lowest BCUT2D eigenvalue weighted by molar-refractivity contribution is -0.0430. The van der Waals surface area contributed by atoms with Crippen LogP contribution in [0.2, 0.25) is 0 Å². The lowest BCUT2D eigenvalue weighted by Gasteiger charge is -2.20. The van der Waals surface area contributed by atoms with Gasteiger partial charge in [-0.1, -0.05) is 24.3 Å². The summed E-state index contributed by atoms with van der Waals surface area (Å²) < 4.78 is 11.1. The maximum Gasteiger partial charge on any atom is 0.257 e. The maximum atomic E-state index is 12.6. The van der Waals surface area contributed by atoms with Gasteiger partial charge in [0.25, 0.3) is 5.91 Å². The van der Waals surface area contributed by atoms with Crippen LogP contribution in [0.25, 0.3) is 10.8 Å². The number of ether oxygens (including phenoxy) is 2. The van der Waals surface area contributed by atoms with E-state index in [4.69, 9.17) is 9.47 Å². The van der Waals surface area contributed by atoms with Crippen molar-refractivity contribution in [1.29, 1.82) is 0 Å². The van der Waals surface area contributed by atoms with E-state index < -0.39 is 6.29 Å². The van der Waals surface area contributed by atoms with Gasteiger partial charge in [-0.3, -0.25) is 4.79 Å². The Hall–Kier alpha value is -2.11. The molecule has 0 saturated carbocycles. The van der Waals surface area contributed by atoms with E-state index >= 15 is 0 Å². The van der Waals surface area contributed by atoms with E-state index in [9.17, 15) is 9.90 Å². The fourth-order valence-corrected chi connectivity index (χ4v) is 2.98. The molecular formula is C18H21NO4. The van der Waals surface area contributed by atoms with Crippen molar-refractivity contribution < 1.29 is 19.4 Å². The quantitative estimate of drug-likeness (QED) is 0.942. The summed E-state index contributed by atoms with van der Waals surface area (Å²) in [7, 11) is 0. The first-order valence-corrected chi connectivity index (χ1v) is 7.94. The lowest BCUT2D eigenvalue weighted by atomic mass is 9.99. The van der Waals surface area contributed by atoms with Crippen LogP contribution in [0.15, 0.2) is 30.3 Å². The first-order valence-electron chi connectivity index (χ1n) is 7.94. The molecule has 1 heterocycles. The molecule has 5 nitrogen and oxygen atoms in total. The summed E-state index contributed by atoms with van der Waals surface area (Å²) in [5.41, 5.74) is 1.07. The zero-order valence-corrected chi connectivity index (χ0v) is 13.4. The second-order valence-corrected chi connectivity index (χ2v) is 5.46. The van der Waals surface area contributed by atoms with Gasteiger partial charge in [0.15, 0.2) is 6.29 Å². The van der Waals surface area contributed by atoms with Gasteiger partial charge in [-0.2, -0.15) is 0 Å². The summed E-state index contributed by atoms with van der Waals surface area (Å²) in [6, 6.07) is 9.19. The molecule has 0 bridgehead atoms. The molecule has 23 heavy (non-hydrogen) atoms. The minimum Gasteiger partial charge on any atom is -0.506 e. The van der Waals surface area contributed by atoms with Gasteiger partial charge < -0.3 is 19.5 Å².